The number of hydrazine groups is 1. The monoisotopic (exact) mass is 335 g/mol. The maximum atomic E-state index is 5.52. The standard InChI is InChI=1S/C14H18BrN5/c1-3-4-10-13(17-8-18-14(10)20-16)19-12-6-5-9(2)7-11(12)15/h5-8H,3-4,16H2,1-2H3,(H2,17,18,19,20). The first-order chi connectivity index (χ1) is 9.65. The topological polar surface area (TPSA) is 75.9 Å². The van der Waals surface area contributed by atoms with Gasteiger partial charge in [0.1, 0.15) is 18.0 Å². The number of nitrogens with two attached hydrogens (primary N) is 1. The number of aryl methyl sites for hydroxylation is 1. The van der Waals surface area contributed by atoms with Crippen molar-refractivity contribution >= 4 is 33.3 Å². The fourth-order valence-electron chi connectivity index (χ4n) is 1.98. The average molecular weight is 336 g/mol. The van der Waals surface area contributed by atoms with Crippen molar-refractivity contribution in [3.05, 3.63) is 40.1 Å². The van der Waals surface area contributed by atoms with E-state index in [2.05, 4.69) is 62.6 Å². The molecule has 5 nitrogen and oxygen atoms in total. The third kappa shape index (κ3) is 3.26. The van der Waals surface area contributed by atoms with Crippen LogP contribution in [-0.2, 0) is 6.42 Å². The fraction of sp³-hybridized carbons (Fsp3) is 0.286. The molecule has 1 aromatic heterocycles. The molecule has 0 aliphatic rings. The lowest BCUT2D eigenvalue weighted by atomic mass is 10.1. The molecular weight excluding hydrogens is 318 g/mol. The maximum absolute atomic E-state index is 5.52. The third-order valence-electron chi connectivity index (χ3n) is 2.96. The van der Waals surface area contributed by atoms with E-state index < -0.39 is 0 Å². The molecule has 0 saturated carbocycles. The number of rotatable bonds is 5. The zero-order valence-electron chi connectivity index (χ0n) is 11.6. The van der Waals surface area contributed by atoms with E-state index in [4.69, 9.17) is 5.84 Å². The molecule has 0 aliphatic heterocycles. The second kappa shape index (κ2) is 6.67. The molecule has 0 amide bonds. The number of hydrogen-bond acceptors (Lipinski definition) is 5. The van der Waals surface area contributed by atoms with Crippen LogP contribution in [0.3, 0.4) is 0 Å². The lowest BCUT2D eigenvalue weighted by Gasteiger charge is -2.14. The van der Waals surface area contributed by atoms with Crippen LogP contribution in [0.25, 0.3) is 0 Å². The number of hydrogen-bond donors (Lipinski definition) is 3. The van der Waals surface area contributed by atoms with Crippen LogP contribution in [0, 0.1) is 6.92 Å². The summed E-state index contributed by atoms with van der Waals surface area (Å²) < 4.78 is 1.00. The SMILES string of the molecule is CCCc1c(NN)ncnc1Nc1ccc(C)cc1Br. The Morgan fingerprint density at radius 2 is 2.00 bits per heavy atom. The van der Waals surface area contributed by atoms with Crippen molar-refractivity contribution in [1.82, 2.24) is 9.97 Å². The summed E-state index contributed by atoms with van der Waals surface area (Å²) in [5, 5.41) is 3.33. The molecule has 6 heteroatoms. The molecule has 0 radical (unpaired) electrons. The summed E-state index contributed by atoms with van der Waals surface area (Å²) in [4.78, 5) is 8.48. The number of benzene rings is 1. The Kier molecular flexibility index (Phi) is 4.92. The number of nitrogens with zero attached hydrogens (tertiary/aromatic N) is 2. The van der Waals surface area contributed by atoms with Crippen molar-refractivity contribution in [2.24, 2.45) is 5.84 Å². The molecular formula is C14H18BrN5. The van der Waals surface area contributed by atoms with E-state index in [1.807, 2.05) is 6.07 Å². The van der Waals surface area contributed by atoms with E-state index in [0.717, 1.165) is 34.4 Å². The van der Waals surface area contributed by atoms with Crippen molar-refractivity contribution in [2.45, 2.75) is 26.7 Å². The van der Waals surface area contributed by atoms with Crippen molar-refractivity contribution in [3.63, 3.8) is 0 Å². The molecule has 2 aromatic rings. The van der Waals surface area contributed by atoms with Gasteiger partial charge in [0, 0.05) is 10.0 Å². The third-order valence-corrected chi connectivity index (χ3v) is 3.62. The van der Waals surface area contributed by atoms with Gasteiger partial charge in [-0.25, -0.2) is 15.8 Å². The Morgan fingerprint density at radius 3 is 2.65 bits per heavy atom. The first-order valence-corrected chi connectivity index (χ1v) is 7.28. The van der Waals surface area contributed by atoms with Crippen LogP contribution in [0.5, 0.6) is 0 Å². The first-order valence-electron chi connectivity index (χ1n) is 6.49. The van der Waals surface area contributed by atoms with Crippen molar-refractivity contribution < 1.29 is 0 Å². The minimum atomic E-state index is 0.660. The van der Waals surface area contributed by atoms with Gasteiger partial charge in [-0.15, -0.1) is 0 Å². The van der Waals surface area contributed by atoms with Crippen LogP contribution in [0.1, 0.15) is 24.5 Å². The summed E-state index contributed by atoms with van der Waals surface area (Å²) in [5.41, 5.74) is 5.78. The van der Waals surface area contributed by atoms with Gasteiger partial charge in [0.2, 0.25) is 0 Å². The Morgan fingerprint density at radius 1 is 1.25 bits per heavy atom. The van der Waals surface area contributed by atoms with Crippen molar-refractivity contribution in [1.29, 1.82) is 0 Å². The number of aromatic nitrogens is 2. The van der Waals surface area contributed by atoms with E-state index in [1.165, 1.54) is 11.9 Å². The Balaban J connectivity index is 2.37. The Labute approximate surface area is 127 Å². The van der Waals surface area contributed by atoms with Crippen molar-refractivity contribution in [3.8, 4) is 0 Å². The highest BCUT2D eigenvalue weighted by Gasteiger charge is 2.11. The van der Waals surface area contributed by atoms with Crippen LogP contribution >= 0.6 is 15.9 Å². The minimum Gasteiger partial charge on any atom is -0.339 e. The van der Waals surface area contributed by atoms with Gasteiger partial charge in [0.05, 0.1) is 5.69 Å². The van der Waals surface area contributed by atoms with E-state index in [0.29, 0.717) is 5.82 Å². The van der Waals surface area contributed by atoms with Gasteiger partial charge in [-0.2, -0.15) is 0 Å². The normalized spacial score (nSPS) is 10.4. The summed E-state index contributed by atoms with van der Waals surface area (Å²) in [5.74, 6) is 6.95. The first kappa shape index (κ1) is 14.7. The van der Waals surface area contributed by atoms with Gasteiger partial charge >= 0.3 is 0 Å². The molecule has 4 N–H and O–H groups in total. The smallest absolute Gasteiger partial charge is 0.148 e. The molecule has 0 bridgehead atoms. The predicted molar refractivity (Wildman–Crippen MR) is 86.0 cm³/mol. The summed E-state index contributed by atoms with van der Waals surface area (Å²) in [6, 6.07) is 6.13. The van der Waals surface area contributed by atoms with E-state index in [-0.39, 0.29) is 0 Å². The zero-order valence-corrected chi connectivity index (χ0v) is 13.2. The van der Waals surface area contributed by atoms with Gasteiger partial charge < -0.3 is 10.7 Å². The molecule has 0 unspecified atom stereocenters. The van der Waals surface area contributed by atoms with Crippen LogP contribution in [0.15, 0.2) is 29.0 Å². The van der Waals surface area contributed by atoms with Gasteiger partial charge in [0.15, 0.2) is 0 Å². The highest BCUT2D eigenvalue weighted by Crippen LogP contribution is 2.29. The molecule has 1 heterocycles. The van der Waals surface area contributed by atoms with E-state index in [9.17, 15) is 0 Å². The lowest BCUT2D eigenvalue weighted by Crippen LogP contribution is -2.13. The molecule has 1 aromatic carbocycles. The van der Waals surface area contributed by atoms with E-state index >= 15 is 0 Å². The quantitative estimate of drug-likeness (QED) is 0.575. The molecule has 106 valence electrons. The Bertz CT molecular complexity index is 600. The molecule has 2 rings (SSSR count). The number of nitrogen functional groups attached to an aromatic ring is 1. The summed E-state index contributed by atoms with van der Waals surface area (Å²) in [7, 11) is 0. The number of nitrogens with one attached hydrogen (secondary N) is 2. The molecule has 0 aliphatic carbocycles. The van der Waals surface area contributed by atoms with Crippen LogP contribution < -0.4 is 16.6 Å². The van der Waals surface area contributed by atoms with Gasteiger partial charge in [-0.05, 0) is 47.0 Å². The molecule has 0 fully saturated rings. The molecule has 0 saturated heterocycles. The van der Waals surface area contributed by atoms with Gasteiger partial charge in [-0.3, -0.25) is 0 Å². The summed E-state index contributed by atoms with van der Waals surface area (Å²) in [6.45, 7) is 4.16. The largest absolute Gasteiger partial charge is 0.339 e. The predicted octanol–water partition coefficient (Wildman–Crippen LogP) is 3.53. The minimum absolute atomic E-state index is 0.660. The van der Waals surface area contributed by atoms with E-state index in [1.54, 1.807) is 0 Å². The average Bonchev–Trinajstić information content (AvgIpc) is 2.43. The van der Waals surface area contributed by atoms with Crippen LogP contribution in [-0.4, -0.2) is 9.97 Å². The lowest BCUT2D eigenvalue weighted by molar-refractivity contribution is 0.903. The van der Waals surface area contributed by atoms with Crippen molar-refractivity contribution in [2.75, 3.05) is 10.7 Å². The summed E-state index contributed by atoms with van der Waals surface area (Å²) >= 11 is 3.56. The van der Waals surface area contributed by atoms with Gasteiger partial charge in [0.25, 0.3) is 0 Å². The van der Waals surface area contributed by atoms with Gasteiger partial charge in [-0.1, -0.05) is 19.4 Å². The highest BCUT2D eigenvalue weighted by molar-refractivity contribution is 9.10. The second-order valence-corrected chi connectivity index (χ2v) is 5.41. The summed E-state index contributed by atoms with van der Waals surface area (Å²) in [6.07, 6.45) is 3.34. The number of anilines is 3. The Hall–Kier alpha value is -1.66. The van der Waals surface area contributed by atoms with Crippen LogP contribution in [0.4, 0.5) is 17.3 Å². The molecule has 0 spiro atoms. The fourth-order valence-corrected chi connectivity index (χ4v) is 2.57. The second-order valence-electron chi connectivity index (χ2n) is 4.55. The maximum Gasteiger partial charge on any atom is 0.148 e. The van der Waals surface area contributed by atoms with Crippen LogP contribution in [0.2, 0.25) is 0 Å². The highest BCUT2D eigenvalue weighted by atomic mass is 79.9. The zero-order chi connectivity index (χ0) is 14.5. The molecule has 20 heavy (non-hydrogen) atoms. The number of halogens is 1. The molecule has 0 atom stereocenters.